The Kier molecular flexibility index (Phi) is 3.46. The zero-order valence-corrected chi connectivity index (χ0v) is 10.4. The second-order valence-corrected chi connectivity index (χ2v) is 5.76. The van der Waals surface area contributed by atoms with Crippen molar-refractivity contribution in [3.8, 4) is 0 Å². The van der Waals surface area contributed by atoms with Crippen LogP contribution in [0.2, 0.25) is 0 Å². The molecule has 1 spiro atoms. The van der Waals surface area contributed by atoms with E-state index in [4.69, 9.17) is 38.2 Å². The molecule has 15 heavy (non-hydrogen) atoms. The topological polar surface area (TPSA) is 36.9 Å². The van der Waals surface area contributed by atoms with Gasteiger partial charge in [0.1, 0.15) is 26.7 Å². The largest absolute Gasteiger partial charge is 0.521 e. The number of hydrogen-bond donors (Lipinski definition) is 0. The summed E-state index contributed by atoms with van der Waals surface area (Å²) in [5.41, 5.74) is -0.488. The first kappa shape index (κ1) is 11.9. The van der Waals surface area contributed by atoms with Gasteiger partial charge in [0.05, 0.1) is 6.10 Å². The first-order valence-electron chi connectivity index (χ1n) is 4.78. The molecule has 3 atom stereocenters. The van der Waals surface area contributed by atoms with Crippen molar-refractivity contribution in [3.05, 3.63) is 0 Å². The van der Waals surface area contributed by atoms with Crippen LogP contribution in [0, 0.1) is 5.92 Å². The van der Waals surface area contributed by atoms with Crippen LogP contribution in [0.15, 0.2) is 0 Å². The van der Waals surface area contributed by atoms with Crippen LogP contribution < -0.4 is 0 Å². The van der Waals surface area contributed by atoms with E-state index in [0.717, 1.165) is 0 Å². The molecule has 0 aromatic carbocycles. The second-order valence-electron chi connectivity index (χ2n) is 3.91. The van der Waals surface area contributed by atoms with Crippen molar-refractivity contribution in [3.63, 3.8) is 0 Å². The molecule has 0 N–H and O–H groups in total. The second kappa shape index (κ2) is 4.36. The molecule has 2 saturated heterocycles. The fourth-order valence-electron chi connectivity index (χ4n) is 2.10. The standard InChI is InChI=1S/C8H13BO4PS/c1-5-6(10-2)7(9)13-8(5)3-11-14(15)12-4-8/h5-7H,3-4H2,1-2H3/q+1/t5?,6-,7+/m0/s1. The molecule has 2 rings (SSSR count). The third kappa shape index (κ3) is 1.99. The lowest BCUT2D eigenvalue weighted by molar-refractivity contribution is -0.104. The van der Waals surface area contributed by atoms with Gasteiger partial charge in [-0.1, -0.05) is 6.92 Å². The van der Waals surface area contributed by atoms with Crippen molar-refractivity contribution in [1.82, 2.24) is 0 Å². The van der Waals surface area contributed by atoms with Gasteiger partial charge in [-0.3, -0.25) is 0 Å². The third-order valence-corrected chi connectivity index (χ3v) is 4.43. The molecular weight excluding hydrogens is 234 g/mol. The lowest BCUT2D eigenvalue weighted by atomic mass is 9.83. The van der Waals surface area contributed by atoms with Crippen LogP contribution in [-0.2, 0) is 30.3 Å². The molecule has 0 aromatic rings. The highest BCUT2D eigenvalue weighted by Crippen LogP contribution is 2.44. The molecule has 2 aliphatic heterocycles. The van der Waals surface area contributed by atoms with Crippen LogP contribution in [0.1, 0.15) is 6.92 Å². The molecule has 2 fully saturated rings. The summed E-state index contributed by atoms with van der Waals surface area (Å²) in [7, 11) is 6.31. The van der Waals surface area contributed by atoms with Crippen LogP contribution in [0.5, 0.6) is 0 Å². The van der Waals surface area contributed by atoms with E-state index in [0.29, 0.717) is 13.2 Å². The molecule has 82 valence electrons. The van der Waals surface area contributed by atoms with Crippen LogP contribution in [0.4, 0.5) is 0 Å². The summed E-state index contributed by atoms with van der Waals surface area (Å²) < 4.78 is 21.7. The summed E-state index contributed by atoms with van der Waals surface area (Å²) in [6.07, 6.45) is -0.119. The maximum Gasteiger partial charge on any atom is 0.521 e. The monoisotopic (exact) mass is 247 g/mol. The molecule has 0 aliphatic carbocycles. The summed E-state index contributed by atoms with van der Waals surface area (Å²) >= 11 is 4.94. The molecule has 2 aliphatic rings. The van der Waals surface area contributed by atoms with E-state index in [1.807, 2.05) is 6.92 Å². The Hall–Kier alpha value is 0.425. The molecule has 0 aromatic heterocycles. The molecular formula is C8H13BO4PS+. The van der Waals surface area contributed by atoms with Gasteiger partial charge in [-0.25, -0.2) is 0 Å². The van der Waals surface area contributed by atoms with Crippen LogP contribution >= 0.6 is 7.15 Å². The van der Waals surface area contributed by atoms with E-state index < -0.39 is 18.8 Å². The third-order valence-electron chi connectivity index (χ3n) is 3.12. The normalized spacial score (nSPS) is 48.7. The fraction of sp³-hybridized carbons (Fsp3) is 1.00. The summed E-state index contributed by atoms with van der Waals surface area (Å²) in [5, 5.41) is 0. The molecule has 0 bridgehead atoms. The molecule has 0 amide bonds. The van der Waals surface area contributed by atoms with E-state index in [-0.39, 0.29) is 12.0 Å². The molecule has 2 heterocycles. The average Bonchev–Trinajstić information content (AvgIpc) is 2.44. The Labute approximate surface area is 96.6 Å². The van der Waals surface area contributed by atoms with Gasteiger partial charge in [0, 0.05) is 19.0 Å². The van der Waals surface area contributed by atoms with Gasteiger partial charge in [0.25, 0.3) is 0 Å². The molecule has 4 nitrogen and oxygen atoms in total. The van der Waals surface area contributed by atoms with Crippen LogP contribution in [0.25, 0.3) is 0 Å². The quantitative estimate of drug-likeness (QED) is 0.504. The highest BCUT2D eigenvalue weighted by Gasteiger charge is 2.56. The minimum Gasteiger partial charge on any atom is -0.379 e. The Morgan fingerprint density at radius 3 is 2.53 bits per heavy atom. The van der Waals surface area contributed by atoms with Gasteiger partial charge in [0.2, 0.25) is 11.8 Å². The molecule has 7 heteroatoms. The van der Waals surface area contributed by atoms with Crippen molar-refractivity contribution >= 4 is 26.8 Å². The Bertz CT molecular complexity index is 267. The fourth-order valence-corrected chi connectivity index (χ4v) is 3.14. The predicted octanol–water partition coefficient (Wildman–Crippen LogP) is 0.722. The van der Waals surface area contributed by atoms with Gasteiger partial charge < -0.3 is 9.47 Å². The zero-order chi connectivity index (χ0) is 11.1. The van der Waals surface area contributed by atoms with E-state index in [2.05, 4.69) is 0 Å². The van der Waals surface area contributed by atoms with Gasteiger partial charge >= 0.3 is 7.15 Å². The van der Waals surface area contributed by atoms with Crippen molar-refractivity contribution in [2.45, 2.75) is 24.6 Å². The van der Waals surface area contributed by atoms with E-state index in [1.165, 1.54) is 0 Å². The lowest BCUT2D eigenvalue weighted by Gasteiger charge is -2.31. The molecule has 2 radical (unpaired) electrons. The maximum absolute atomic E-state index is 5.84. The smallest absolute Gasteiger partial charge is 0.379 e. The SMILES string of the molecule is [B][C@@H]1OC2(CO[P+](=S)OC2)C(C)[C@@H]1OC. The number of rotatable bonds is 1. The van der Waals surface area contributed by atoms with E-state index in [9.17, 15) is 0 Å². The Morgan fingerprint density at radius 1 is 1.47 bits per heavy atom. The summed E-state index contributed by atoms with van der Waals surface area (Å²) in [4.78, 5) is 0. The minimum absolute atomic E-state index is 0.119. The van der Waals surface area contributed by atoms with Gasteiger partial charge in [0.15, 0.2) is 0 Å². The summed E-state index contributed by atoms with van der Waals surface area (Å²) in [6, 6.07) is -0.424. The van der Waals surface area contributed by atoms with Crippen LogP contribution in [0.3, 0.4) is 0 Å². The predicted molar refractivity (Wildman–Crippen MR) is 59.5 cm³/mol. The van der Waals surface area contributed by atoms with Crippen molar-refractivity contribution in [2.75, 3.05) is 20.3 Å². The van der Waals surface area contributed by atoms with Crippen LogP contribution in [-0.4, -0.2) is 45.9 Å². The van der Waals surface area contributed by atoms with Gasteiger partial charge in [-0.15, -0.1) is 9.05 Å². The zero-order valence-electron chi connectivity index (χ0n) is 8.71. The lowest BCUT2D eigenvalue weighted by Crippen LogP contribution is -2.47. The first-order chi connectivity index (χ1) is 7.09. The van der Waals surface area contributed by atoms with Crippen molar-refractivity contribution < 1.29 is 18.5 Å². The van der Waals surface area contributed by atoms with Gasteiger partial charge in [-0.05, 0) is 0 Å². The number of hydrogen-bond acceptors (Lipinski definition) is 5. The average molecular weight is 247 g/mol. The van der Waals surface area contributed by atoms with Gasteiger partial charge in [-0.2, -0.15) is 0 Å². The maximum atomic E-state index is 5.84. The van der Waals surface area contributed by atoms with Crippen molar-refractivity contribution in [2.24, 2.45) is 5.92 Å². The van der Waals surface area contributed by atoms with E-state index in [1.54, 1.807) is 7.11 Å². The summed E-state index contributed by atoms with van der Waals surface area (Å²) in [5.74, 6) is 0.135. The number of methoxy groups -OCH3 is 1. The highest BCUT2D eigenvalue weighted by molar-refractivity contribution is 8.00. The van der Waals surface area contributed by atoms with Crippen molar-refractivity contribution in [1.29, 1.82) is 0 Å². The molecule has 0 saturated carbocycles. The minimum atomic E-state index is -1.16. The number of ether oxygens (including phenoxy) is 2. The van der Waals surface area contributed by atoms with E-state index >= 15 is 0 Å². The summed E-state index contributed by atoms with van der Waals surface area (Å²) in [6.45, 7) is 2.92. The highest BCUT2D eigenvalue weighted by atomic mass is 32.4. The first-order valence-corrected chi connectivity index (χ1v) is 6.97. The molecule has 1 unspecified atom stereocenters. The Morgan fingerprint density at radius 2 is 2.07 bits per heavy atom. The Balaban J connectivity index is 2.13.